The van der Waals surface area contributed by atoms with Gasteiger partial charge in [0, 0.05) is 17.1 Å². The van der Waals surface area contributed by atoms with Crippen LogP contribution in [0.4, 0.5) is 23.7 Å². The van der Waals surface area contributed by atoms with Crippen LogP contribution in [0.1, 0.15) is 11.1 Å². The van der Waals surface area contributed by atoms with Gasteiger partial charge in [-0.05, 0) is 35.9 Å². The lowest BCUT2D eigenvalue weighted by molar-refractivity contribution is -0.137. The second kappa shape index (κ2) is 9.31. The topological polar surface area (TPSA) is 67.4 Å². The minimum absolute atomic E-state index is 0.00326. The average molecular weight is 398 g/mol. The number of halogens is 3. The molecule has 0 bridgehead atoms. The van der Waals surface area contributed by atoms with Crippen molar-refractivity contribution < 1.29 is 27.5 Å². The average Bonchev–Trinajstić information content (AvgIpc) is 2.65. The van der Waals surface area contributed by atoms with Crippen LogP contribution in [0.25, 0.3) is 0 Å². The Morgan fingerprint density at radius 1 is 1.11 bits per heavy atom. The Labute approximate surface area is 158 Å². The second-order valence-corrected chi connectivity index (χ2v) is 6.45. The van der Waals surface area contributed by atoms with Crippen molar-refractivity contribution >= 4 is 29.4 Å². The molecule has 0 heterocycles. The van der Waals surface area contributed by atoms with Gasteiger partial charge < -0.3 is 10.1 Å². The highest BCUT2D eigenvalue weighted by Gasteiger charge is 2.30. The van der Waals surface area contributed by atoms with E-state index in [9.17, 15) is 22.8 Å². The number of hydrogen-bond acceptors (Lipinski definition) is 4. The molecular formula is C18H17F3N2O3S. The number of methoxy groups -OCH3 is 1. The summed E-state index contributed by atoms with van der Waals surface area (Å²) in [6.45, 7) is 0.264. The minimum Gasteiger partial charge on any atom is -0.453 e. The third-order valence-electron chi connectivity index (χ3n) is 3.41. The number of nitrogens with one attached hydrogen (secondary N) is 2. The number of hydrogen-bond donors (Lipinski definition) is 2. The highest BCUT2D eigenvalue weighted by molar-refractivity contribution is 8.00. The maximum atomic E-state index is 12.7. The summed E-state index contributed by atoms with van der Waals surface area (Å²) in [7, 11) is 1.26. The molecule has 0 aliphatic carbocycles. The summed E-state index contributed by atoms with van der Waals surface area (Å²) in [6, 6.07) is 11.6. The van der Waals surface area contributed by atoms with E-state index >= 15 is 0 Å². The summed E-state index contributed by atoms with van der Waals surface area (Å²) < 4.78 is 42.5. The van der Waals surface area contributed by atoms with Gasteiger partial charge in [0.15, 0.2) is 0 Å². The van der Waals surface area contributed by atoms with Gasteiger partial charge in [-0.1, -0.05) is 18.2 Å². The molecule has 144 valence electrons. The normalized spacial score (nSPS) is 11.0. The molecule has 0 spiro atoms. The Hall–Kier alpha value is -2.68. The third kappa shape index (κ3) is 6.86. The second-order valence-electron chi connectivity index (χ2n) is 5.40. The molecule has 0 atom stereocenters. The monoisotopic (exact) mass is 398 g/mol. The highest BCUT2D eigenvalue weighted by Crippen LogP contribution is 2.31. The molecule has 0 unspecified atom stereocenters. The van der Waals surface area contributed by atoms with Crippen LogP contribution in [0.5, 0.6) is 0 Å². The van der Waals surface area contributed by atoms with E-state index in [1.807, 2.05) is 0 Å². The van der Waals surface area contributed by atoms with Gasteiger partial charge in [-0.25, -0.2) is 4.79 Å². The van der Waals surface area contributed by atoms with Crippen LogP contribution in [0.2, 0.25) is 0 Å². The molecule has 2 amide bonds. The number of alkyl halides is 3. The van der Waals surface area contributed by atoms with Crippen molar-refractivity contribution in [3.05, 3.63) is 59.7 Å². The molecule has 0 aliphatic heterocycles. The number of carbonyl (C=O) groups excluding carboxylic acids is 2. The van der Waals surface area contributed by atoms with Crippen molar-refractivity contribution in [2.45, 2.75) is 17.6 Å². The molecule has 2 aromatic rings. The largest absolute Gasteiger partial charge is 0.453 e. The summed E-state index contributed by atoms with van der Waals surface area (Å²) in [5, 5.41) is 5.20. The highest BCUT2D eigenvalue weighted by atomic mass is 32.2. The van der Waals surface area contributed by atoms with E-state index in [4.69, 9.17) is 0 Å². The van der Waals surface area contributed by atoms with Gasteiger partial charge in [-0.15, -0.1) is 11.8 Å². The van der Waals surface area contributed by atoms with Crippen LogP contribution < -0.4 is 10.6 Å². The van der Waals surface area contributed by atoms with Crippen LogP contribution >= 0.6 is 11.8 Å². The summed E-state index contributed by atoms with van der Waals surface area (Å²) in [4.78, 5) is 23.4. The van der Waals surface area contributed by atoms with E-state index in [0.29, 0.717) is 10.6 Å². The fourth-order valence-corrected chi connectivity index (χ4v) is 2.82. The molecule has 5 nitrogen and oxygen atoms in total. The Morgan fingerprint density at radius 3 is 2.44 bits per heavy atom. The fourth-order valence-electron chi connectivity index (χ4n) is 2.04. The Bertz CT molecular complexity index is 795. The smallest absolute Gasteiger partial charge is 0.416 e. The standard InChI is InChI=1S/C18H17F3N2O3S/c1-26-17(25)23-14-7-5-12(6-8-14)10-22-16(24)11-27-15-4-2-3-13(9-15)18(19,20)21/h2-9H,10-11H2,1H3,(H,22,24)(H,23,25). The van der Waals surface area contributed by atoms with E-state index in [1.165, 1.54) is 19.2 Å². The van der Waals surface area contributed by atoms with Gasteiger partial charge in [0.05, 0.1) is 18.4 Å². The predicted octanol–water partition coefficient (Wildman–Crippen LogP) is 4.29. The number of thioether (sulfide) groups is 1. The minimum atomic E-state index is -4.41. The summed E-state index contributed by atoms with van der Waals surface area (Å²) >= 11 is 1.03. The molecule has 0 aliphatic rings. The number of rotatable bonds is 6. The van der Waals surface area contributed by atoms with Gasteiger partial charge in [0.2, 0.25) is 5.91 Å². The zero-order valence-electron chi connectivity index (χ0n) is 14.3. The molecule has 2 rings (SSSR count). The molecule has 0 saturated carbocycles. The number of anilines is 1. The van der Waals surface area contributed by atoms with Crippen LogP contribution in [-0.4, -0.2) is 24.9 Å². The van der Waals surface area contributed by atoms with E-state index in [1.54, 1.807) is 24.3 Å². The molecule has 27 heavy (non-hydrogen) atoms. The molecule has 0 radical (unpaired) electrons. The number of benzene rings is 2. The molecule has 9 heteroatoms. The van der Waals surface area contributed by atoms with Crippen LogP contribution in [0, 0.1) is 0 Å². The lowest BCUT2D eigenvalue weighted by atomic mass is 10.2. The van der Waals surface area contributed by atoms with Gasteiger partial charge in [-0.2, -0.15) is 13.2 Å². The first-order valence-corrected chi connectivity index (χ1v) is 8.77. The van der Waals surface area contributed by atoms with Crippen molar-refractivity contribution in [1.29, 1.82) is 0 Å². The summed E-state index contributed by atoms with van der Waals surface area (Å²) in [5.74, 6) is -0.294. The molecule has 0 aromatic heterocycles. The molecule has 2 aromatic carbocycles. The summed E-state index contributed by atoms with van der Waals surface area (Å²) in [5.41, 5.74) is 0.619. The first kappa shape index (κ1) is 20.6. The van der Waals surface area contributed by atoms with E-state index in [-0.39, 0.29) is 18.2 Å². The zero-order chi connectivity index (χ0) is 19.9. The Morgan fingerprint density at radius 2 is 1.81 bits per heavy atom. The maximum absolute atomic E-state index is 12.7. The molecular weight excluding hydrogens is 381 g/mol. The third-order valence-corrected chi connectivity index (χ3v) is 4.40. The zero-order valence-corrected chi connectivity index (χ0v) is 15.1. The molecule has 2 N–H and O–H groups in total. The SMILES string of the molecule is COC(=O)Nc1ccc(CNC(=O)CSc2cccc(C(F)(F)F)c2)cc1. The molecule has 0 saturated heterocycles. The van der Waals surface area contributed by atoms with E-state index in [0.717, 1.165) is 29.5 Å². The number of ether oxygens (including phenoxy) is 1. The van der Waals surface area contributed by atoms with Crippen molar-refractivity contribution in [1.82, 2.24) is 5.32 Å². The summed E-state index contributed by atoms with van der Waals surface area (Å²) in [6.07, 6.45) is -4.99. The van der Waals surface area contributed by atoms with Gasteiger partial charge in [0.25, 0.3) is 0 Å². The number of carbonyl (C=O) groups is 2. The fraction of sp³-hybridized carbons (Fsp3) is 0.222. The van der Waals surface area contributed by atoms with E-state index < -0.39 is 17.8 Å². The van der Waals surface area contributed by atoms with Gasteiger partial charge in [0.1, 0.15) is 0 Å². The van der Waals surface area contributed by atoms with Gasteiger partial charge >= 0.3 is 12.3 Å². The predicted molar refractivity (Wildman–Crippen MR) is 96.5 cm³/mol. The van der Waals surface area contributed by atoms with Crippen LogP contribution in [0.15, 0.2) is 53.4 Å². The Kier molecular flexibility index (Phi) is 7.12. The van der Waals surface area contributed by atoms with Gasteiger partial charge in [-0.3, -0.25) is 10.1 Å². The van der Waals surface area contributed by atoms with Crippen LogP contribution in [0.3, 0.4) is 0 Å². The van der Waals surface area contributed by atoms with Crippen LogP contribution in [-0.2, 0) is 22.3 Å². The molecule has 0 fully saturated rings. The lowest BCUT2D eigenvalue weighted by Gasteiger charge is -2.09. The van der Waals surface area contributed by atoms with E-state index in [2.05, 4.69) is 15.4 Å². The van der Waals surface area contributed by atoms with Crippen molar-refractivity contribution in [3.63, 3.8) is 0 Å². The number of amides is 2. The first-order valence-electron chi connectivity index (χ1n) is 7.78. The van der Waals surface area contributed by atoms with Crippen molar-refractivity contribution in [3.8, 4) is 0 Å². The Balaban J connectivity index is 1.80. The first-order chi connectivity index (χ1) is 12.8. The lowest BCUT2D eigenvalue weighted by Crippen LogP contribution is -2.24. The van der Waals surface area contributed by atoms with Crippen molar-refractivity contribution in [2.24, 2.45) is 0 Å². The van der Waals surface area contributed by atoms with Crippen molar-refractivity contribution in [2.75, 3.05) is 18.2 Å². The quantitative estimate of drug-likeness (QED) is 0.713. The maximum Gasteiger partial charge on any atom is 0.416 e.